The Labute approximate surface area is 105 Å². The van der Waals surface area contributed by atoms with Crippen LogP contribution in [0, 0.1) is 11.8 Å². The number of fused-ring (bicyclic) bond motifs is 1. The molecule has 0 radical (unpaired) electrons. The van der Waals surface area contributed by atoms with Crippen LogP contribution in [0.5, 0.6) is 0 Å². The summed E-state index contributed by atoms with van der Waals surface area (Å²) in [4.78, 5) is 0. The number of rotatable bonds is 5. The van der Waals surface area contributed by atoms with Gasteiger partial charge in [0, 0.05) is 6.04 Å². The van der Waals surface area contributed by atoms with E-state index in [2.05, 4.69) is 10.0 Å². The van der Waals surface area contributed by atoms with Gasteiger partial charge in [0.05, 0.1) is 5.75 Å². The fraction of sp³-hybridized carbons (Fsp3) is 1.00. The van der Waals surface area contributed by atoms with Crippen LogP contribution in [-0.4, -0.2) is 33.3 Å². The van der Waals surface area contributed by atoms with Gasteiger partial charge in [-0.25, -0.2) is 13.1 Å². The van der Waals surface area contributed by atoms with Gasteiger partial charge in [-0.05, 0) is 50.6 Å². The second-order valence-electron chi connectivity index (χ2n) is 5.48. The van der Waals surface area contributed by atoms with Crippen molar-refractivity contribution in [3.8, 4) is 0 Å². The molecule has 0 amide bonds. The Balaban J connectivity index is 1.83. The van der Waals surface area contributed by atoms with Crippen molar-refractivity contribution in [1.29, 1.82) is 0 Å². The summed E-state index contributed by atoms with van der Waals surface area (Å²) in [5, 5.41) is 3.40. The van der Waals surface area contributed by atoms with E-state index in [1.165, 1.54) is 6.42 Å². The highest BCUT2D eigenvalue weighted by molar-refractivity contribution is 7.89. The van der Waals surface area contributed by atoms with Gasteiger partial charge in [-0.1, -0.05) is 13.3 Å². The van der Waals surface area contributed by atoms with E-state index in [9.17, 15) is 8.42 Å². The van der Waals surface area contributed by atoms with Gasteiger partial charge in [0.25, 0.3) is 0 Å². The minimum absolute atomic E-state index is 0.179. The first-order valence-corrected chi connectivity index (χ1v) is 8.46. The quantitative estimate of drug-likeness (QED) is 0.778. The lowest BCUT2D eigenvalue weighted by Crippen LogP contribution is -2.41. The molecular formula is C12H24N2O2S. The van der Waals surface area contributed by atoms with Gasteiger partial charge in [0.1, 0.15) is 0 Å². The van der Waals surface area contributed by atoms with Gasteiger partial charge >= 0.3 is 0 Å². The number of sulfonamides is 1. The Morgan fingerprint density at radius 3 is 2.76 bits per heavy atom. The molecule has 5 heteroatoms. The van der Waals surface area contributed by atoms with Crippen LogP contribution in [-0.2, 0) is 10.0 Å². The summed E-state index contributed by atoms with van der Waals surface area (Å²) < 4.78 is 26.5. The fourth-order valence-corrected chi connectivity index (χ4v) is 4.56. The van der Waals surface area contributed by atoms with Crippen molar-refractivity contribution < 1.29 is 8.42 Å². The van der Waals surface area contributed by atoms with E-state index < -0.39 is 10.0 Å². The molecule has 17 heavy (non-hydrogen) atoms. The van der Waals surface area contributed by atoms with Gasteiger partial charge in [0.15, 0.2) is 0 Å². The summed E-state index contributed by atoms with van der Waals surface area (Å²) in [6.07, 6.45) is 4.88. The summed E-state index contributed by atoms with van der Waals surface area (Å²) in [5.74, 6) is 1.75. The van der Waals surface area contributed by atoms with E-state index in [4.69, 9.17) is 0 Å². The van der Waals surface area contributed by atoms with Gasteiger partial charge < -0.3 is 5.32 Å². The summed E-state index contributed by atoms with van der Waals surface area (Å²) in [6, 6.07) is 0.179. The third-order valence-corrected chi connectivity index (χ3v) is 5.58. The second-order valence-corrected chi connectivity index (χ2v) is 7.35. The van der Waals surface area contributed by atoms with Crippen molar-refractivity contribution in [2.45, 2.75) is 45.1 Å². The van der Waals surface area contributed by atoms with Crippen molar-refractivity contribution in [1.82, 2.24) is 10.0 Å². The maximum atomic E-state index is 11.8. The Hall–Kier alpha value is -0.130. The van der Waals surface area contributed by atoms with Crippen LogP contribution >= 0.6 is 0 Å². The first-order chi connectivity index (χ1) is 8.11. The van der Waals surface area contributed by atoms with E-state index in [1.54, 1.807) is 0 Å². The minimum Gasteiger partial charge on any atom is -0.316 e. The minimum atomic E-state index is -3.04. The van der Waals surface area contributed by atoms with E-state index >= 15 is 0 Å². The van der Waals surface area contributed by atoms with Crippen LogP contribution in [0.15, 0.2) is 0 Å². The third kappa shape index (κ3) is 3.66. The first-order valence-electron chi connectivity index (χ1n) is 6.81. The Bertz CT molecular complexity index is 342. The third-order valence-electron chi connectivity index (χ3n) is 4.07. The zero-order chi connectivity index (χ0) is 12.3. The molecule has 0 bridgehead atoms. The average Bonchev–Trinajstić information content (AvgIpc) is 2.73. The fourth-order valence-electron chi connectivity index (χ4n) is 3.05. The van der Waals surface area contributed by atoms with Crippen LogP contribution in [0.2, 0.25) is 0 Å². The largest absolute Gasteiger partial charge is 0.316 e. The molecule has 2 aliphatic rings. The molecule has 1 aliphatic heterocycles. The van der Waals surface area contributed by atoms with E-state index in [0.29, 0.717) is 5.92 Å². The molecule has 1 heterocycles. The summed E-state index contributed by atoms with van der Waals surface area (Å²) in [6.45, 7) is 4.21. The molecule has 2 rings (SSSR count). The van der Waals surface area contributed by atoms with Crippen molar-refractivity contribution in [2.75, 3.05) is 18.8 Å². The Morgan fingerprint density at radius 1 is 1.24 bits per heavy atom. The van der Waals surface area contributed by atoms with Crippen LogP contribution in [0.3, 0.4) is 0 Å². The monoisotopic (exact) mass is 260 g/mol. The maximum Gasteiger partial charge on any atom is 0.211 e. The molecule has 2 fully saturated rings. The summed E-state index contributed by atoms with van der Waals surface area (Å²) in [7, 11) is -3.04. The molecule has 0 aromatic carbocycles. The second kappa shape index (κ2) is 5.67. The van der Waals surface area contributed by atoms with Crippen LogP contribution < -0.4 is 10.0 Å². The van der Waals surface area contributed by atoms with Gasteiger partial charge in [-0.15, -0.1) is 0 Å². The Kier molecular flexibility index (Phi) is 4.44. The highest BCUT2D eigenvalue weighted by atomic mass is 32.2. The molecule has 3 atom stereocenters. The van der Waals surface area contributed by atoms with Crippen molar-refractivity contribution in [2.24, 2.45) is 11.8 Å². The predicted molar refractivity (Wildman–Crippen MR) is 69.3 cm³/mol. The summed E-state index contributed by atoms with van der Waals surface area (Å²) >= 11 is 0. The standard InChI is InChI=1S/C12H24N2O2S/c1-2-3-6-17(15,16)14-12-5-4-10-8-13-9-11(10)7-12/h10-14H,2-9H2,1H3/t10-,11+,12?/m0/s1. The van der Waals surface area contributed by atoms with Crippen molar-refractivity contribution in [3.05, 3.63) is 0 Å². The zero-order valence-corrected chi connectivity index (χ0v) is 11.4. The number of hydrogen-bond acceptors (Lipinski definition) is 3. The molecule has 2 N–H and O–H groups in total. The van der Waals surface area contributed by atoms with Crippen molar-refractivity contribution >= 4 is 10.0 Å². The SMILES string of the molecule is CCCCS(=O)(=O)NC1CC[C@H]2CNC[C@H]2C1. The lowest BCUT2D eigenvalue weighted by atomic mass is 9.79. The summed E-state index contributed by atoms with van der Waals surface area (Å²) in [5.41, 5.74) is 0. The normalized spacial score (nSPS) is 33.6. The lowest BCUT2D eigenvalue weighted by Gasteiger charge is -2.31. The molecule has 0 aromatic rings. The Morgan fingerprint density at radius 2 is 2.00 bits per heavy atom. The number of nitrogens with one attached hydrogen (secondary N) is 2. The topological polar surface area (TPSA) is 58.2 Å². The molecular weight excluding hydrogens is 236 g/mol. The zero-order valence-electron chi connectivity index (χ0n) is 10.6. The lowest BCUT2D eigenvalue weighted by molar-refractivity contribution is 0.260. The van der Waals surface area contributed by atoms with Crippen molar-refractivity contribution in [3.63, 3.8) is 0 Å². The van der Waals surface area contributed by atoms with E-state index in [0.717, 1.165) is 44.7 Å². The van der Waals surface area contributed by atoms with Crippen LogP contribution in [0.4, 0.5) is 0 Å². The molecule has 1 saturated carbocycles. The molecule has 0 spiro atoms. The molecule has 1 saturated heterocycles. The molecule has 4 nitrogen and oxygen atoms in total. The smallest absolute Gasteiger partial charge is 0.211 e. The first kappa shape index (κ1) is 13.3. The highest BCUT2D eigenvalue weighted by Gasteiger charge is 2.34. The average molecular weight is 260 g/mol. The number of hydrogen-bond donors (Lipinski definition) is 2. The maximum absolute atomic E-state index is 11.8. The molecule has 100 valence electrons. The van der Waals surface area contributed by atoms with E-state index in [-0.39, 0.29) is 11.8 Å². The molecule has 1 unspecified atom stereocenters. The van der Waals surface area contributed by atoms with Gasteiger partial charge in [-0.2, -0.15) is 0 Å². The molecule has 1 aliphatic carbocycles. The van der Waals surface area contributed by atoms with Gasteiger partial charge in [0.2, 0.25) is 10.0 Å². The highest BCUT2D eigenvalue weighted by Crippen LogP contribution is 2.32. The predicted octanol–water partition coefficient (Wildman–Crippen LogP) is 1.09. The van der Waals surface area contributed by atoms with Crippen LogP contribution in [0.1, 0.15) is 39.0 Å². The van der Waals surface area contributed by atoms with E-state index in [1.807, 2.05) is 6.92 Å². The van der Waals surface area contributed by atoms with Gasteiger partial charge in [-0.3, -0.25) is 0 Å². The molecule has 0 aromatic heterocycles. The number of unbranched alkanes of at least 4 members (excludes halogenated alkanes) is 1. The van der Waals surface area contributed by atoms with Crippen LogP contribution in [0.25, 0.3) is 0 Å².